The number of hydrogen-bond acceptors (Lipinski definition) is 2. The summed E-state index contributed by atoms with van der Waals surface area (Å²) < 4.78 is 4.28. The van der Waals surface area contributed by atoms with Crippen LogP contribution in [0.15, 0.2) is 48.8 Å². The van der Waals surface area contributed by atoms with Gasteiger partial charge in [0.2, 0.25) is 0 Å². The van der Waals surface area contributed by atoms with E-state index in [0.29, 0.717) is 0 Å². The van der Waals surface area contributed by atoms with E-state index in [-0.39, 0.29) is 34.0 Å². The highest BCUT2D eigenvalue weighted by atomic mass is 79.9. The van der Waals surface area contributed by atoms with Crippen LogP contribution in [0.3, 0.4) is 0 Å². The van der Waals surface area contributed by atoms with Crippen molar-refractivity contribution in [3.05, 3.63) is 48.8 Å². The maximum atomic E-state index is 5.95. The summed E-state index contributed by atoms with van der Waals surface area (Å²) in [6, 6.07) is 12.0. The number of hydrogen-bond donors (Lipinski definition) is 2. The van der Waals surface area contributed by atoms with Crippen LogP contribution in [-0.4, -0.2) is 0 Å². The first-order chi connectivity index (χ1) is 12.8. The summed E-state index contributed by atoms with van der Waals surface area (Å²) in [5.74, 6) is 1.72. The van der Waals surface area contributed by atoms with Crippen LogP contribution in [0.4, 0.5) is 11.6 Å². The van der Waals surface area contributed by atoms with Gasteiger partial charge < -0.3 is 34.0 Å². The van der Waals surface area contributed by atoms with E-state index >= 15 is 0 Å². The van der Waals surface area contributed by atoms with Crippen LogP contribution in [0.2, 0.25) is 0 Å². The molecule has 0 aromatic carbocycles. The van der Waals surface area contributed by atoms with E-state index in [9.17, 15) is 0 Å². The normalized spacial score (nSPS) is 10.1. The SMILES string of the molecule is Nc1cccc[n+]1CCCCCCCCCCCC[n+]1ccccc1N.[Br-].[Br-]. The molecule has 6 heteroatoms. The third-order valence-corrected chi connectivity index (χ3v) is 5.00. The van der Waals surface area contributed by atoms with E-state index in [1.54, 1.807) is 0 Å². The number of aromatic nitrogens is 2. The largest absolute Gasteiger partial charge is 1.00 e. The van der Waals surface area contributed by atoms with Gasteiger partial charge in [0.15, 0.2) is 0 Å². The third kappa shape index (κ3) is 11.0. The van der Waals surface area contributed by atoms with E-state index in [2.05, 4.69) is 21.5 Å². The van der Waals surface area contributed by atoms with Crippen molar-refractivity contribution in [1.82, 2.24) is 0 Å². The Balaban J connectivity index is 0.00000364. The van der Waals surface area contributed by atoms with Gasteiger partial charge in [0, 0.05) is 12.1 Å². The molecule has 0 amide bonds. The second-order valence-corrected chi connectivity index (χ2v) is 7.17. The molecule has 0 aliphatic rings. The molecule has 0 unspecified atom stereocenters. The van der Waals surface area contributed by atoms with Crippen molar-refractivity contribution in [2.75, 3.05) is 11.5 Å². The first-order valence-corrected chi connectivity index (χ1v) is 10.3. The molecule has 0 spiro atoms. The molecule has 2 aromatic heterocycles. The molecule has 0 saturated heterocycles. The number of pyridine rings is 2. The van der Waals surface area contributed by atoms with Crippen molar-refractivity contribution in [3.8, 4) is 0 Å². The fourth-order valence-electron chi connectivity index (χ4n) is 3.36. The van der Waals surface area contributed by atoms with Gasteiger partial charge in [-0.2, -0.15) is 0 Å². The van der Waals surface area contributed by atoms with Crippen LogP contribution >= 0.6 is 0 Å². The van der Waals surface area contributed by atoms with Crippen LogP contribution in [-0.2, 0) is 13.1 Å². The predicted octanol–water partition coefficient (Wildman–Crippen LogP) is -1.96. The molecule has 2 rings (SSSR count). The Morgan fingerprint density at radius 2 is 0.821 bits per heavy atom. The number of nitrogen functional groups attached to an aromatic ring is 2. The zero-order valence-corrected chi connectivity index (χ0v) is 20.1. The van der Waals surface area contributed by atoms with Crippen molar-refractivity contribution < 1.29 is 43.1 Å². The Hall–Kier alpha value is -1.14. The highest BCUT2D eigenvalue weighted by molar-refractivity contribution is 5.19. The average Bonchev–Trinajstić information content (AvgIpc) is 2.65. The van der Waals surface area contributed by atoms with Gasteiger partial charge in [-0.25, -0.2) is 9.13 Å². The van der Waals surface area contributed by atoms with E-state index in [1.807, 2.05) is 36.4 Å². The minimum Gasteiger partial charge on any atom is -1.00 e. The molecule has 0 atom stereocenters. The summed E-state index contributed by atoms with van der Waals surface area (Å²) in [7, 11) is 0. The monoisotopic (exact) mass is 514 g/mol. The lowest BCUT2D eigenvalue weighted by molar-refractivity contribution is -0.683. The second kappa shape index (κ2) is 16.8. The molecule has 2 aromatic rings. The first-order valence-electron chi connectivity index (χ1n) is 10.3. The van der Waals surface area contributed by atoms with Crippen molar-refractivity contribution in [2.45, 2.75) is 77.3 Å². The minimum absolute atomic E-state index is 0. The topological polar surface area (TPSA) is 59.8 Å². The fraction of sp³-hybridized carbons (Fsp3) is 0.545. The lowest BCUT2D eigenvalue weighted by Gasteiger charge is -2.04. The molecular weight excluding hydrogens is 480 g/mol. The van der Waals surface area contributed by atoms with Crippen LogP contribution in [0.5, 0.6) is 0 Å². The molecular formula is C22H36Br2N4. The summed E-state index contributed by atoms with van der Waals surface area (Å²) in [6.45, 7) is 2.08. The smallest absolute Gasteiger partial charge is 0.272 e. The quantitative estimate of drug-likeness (QED) is 0.240. The van der Waals surface area contributed by atoms with Crippen molar-refractivity contribution in [2.24, 2.45) is 0 Å². The van der Waals surface area contributed by atoms with Crippen molar-refractivity contribution in [3.63, 3.8) is 0 Å². The lowest BCUT2D eigenvalue weighted by atomic mass is 10.1. The van der Waals surface area contributed by atoms with Gasteiger partial charge in [0.25, 0.3) is 11.6 Å². The molecule has 0 bridgehead atoms. The zero-order valence-electron chi connectivity index (χ0n) is 16.9. The summed E-state index contributed by atoms with van der Waals surface area (Å²) in [6.07, 6.45) is 17.4. The molecule has 4 N–H and O–H groups in total. The second-order valence-electron chi connectivity index (χ2n) is 7.17. The minimum atomic E-state index is 0. The maximum Gasteiger partial charge on any atom is 0.272 e. The standard InChI is InChI=1S/C22H34N4.2BrH/c23-21-15-9-13-19-25(21)17-11-7-5-3-1-2-4-6-8-12-18-26-20-14-10-16-22(26)24;;/h9-10,13-16,19-20,23-24H,1-8,11-12,17-18H2;2*1H. The molecule has 0 radical (unpaired) electrons. The van der Waals surface area contributed by atoms with E-state index in [1.165, 1.54) is 64.2 Å². The summed E-state index contributed by atoms with van der Waals surface area (Å²) in [5, 5.41) is 0. The molecule has 4 nitrogen and oxygen atoms in total. The van der Waals surface area contributed by atoms with Crippen LogP contribution in [0, 0.1) is 0 Å². The van der Waals surface area contributed by atoms with E-state index in [4.69, 9.17) is 11.5 Å². The number of nitrogens with two attached hydrogens (primary N) is 2. The lowest BCUT2D eigenvalue weighted by Crippen LogP contribution is -3.00. The van der Waals surface area contributed by atoms with Crippen molar-refractivity contribution >= 4 is 11.6 Å². The number of unbranched alkanes of at least 4 members (excludes halogenated alkanes) is 9. The number of rotatable bonds is 13. The summed E-state index contributed by atoms with van der Waals surface area (Å²) >= 11 is 0. The van der Waals surface area contributed by atoms with Gasteiger partial charge in [0.05, 0.1) is 25.5 Å². The number of anilines is 2. The van der Waals surface area contributed by atoms with Crippen molar-refractivity contribution in [1.29, 1.82) is 0 Å². The van der Waals surface area contributed by atoms with Gasteiger partial charge in [-0.15, -0.1) is 0 Å². The highest BCUT2D eigenvalue weighted by Gasteiger charge is 2.02. The molecule has 28 heavy (non-hydrogen) atoms. The van der Waals surface area contributed by atoms with E-state index in [0.717, 1.165) is 24.7 Å². The Morgan fingerprint density at radius 3 is 1.14 bits per heavy atom. The predicted molar refractivity (Wildman–Crippen MR) is 108 cm³/mol. The Morgan fingerprint density at radius 1 is 0.500 bits per heavy atom. The van der Waals surface area contributed by atoms with E-state index < -0.39 is 0 Å². The summed E-state index contributed by atoms with van der Waals surface area (Å²) in [5.41, 5.74) is 11.9. The van der Waals surface area contributed by atoms with Crippen LogP contribution < -0.4 is 54.6 Å². The van der Waals surface area contributed by atoms with Gasteiger partial charge in [0.1, 0.15) is 0 Å². The molecule has 0 saturated carbocycles. The van der Waals surface area contributed by atoms with Crippen LogP contribution in [0.25, 0.3) is 0 Å². The first kappa shape index (κ1) is 26.9. The fourth-order valence-corrected chi connectivity index (χ4v) is 3.36. The Labute approximate surface area is 191 Å². The zero-order chi connectivity index (χ0) is 18.5. The van der Waals surface area contributed by atoms with Gasteiger partial charge >= 0.3 is 0 Å². The Kier molecular flexibility index (Phi) is 16.1. The van der Waals surface area contributed by atoms with Gasteiger partial charge in [-0.3, -0.25) is 11.5 Å². The van der Waals surface area contributed by atoms with Crippen LogP contribution in [0.1, 0.15) is 64.2 Å². The van der Waals surface area contributed by atoms with Gasteiger partial charge in [-0.05, 0) is 37.8 Å². The molecule has 0 aliphatic heterocycles. The number of aryl methyl sites for hydroxylation is 2. The molecule has 0 aliphatic carbocycles. The third-order valence-electron chi connectivity index (χ3n) is 5.00. The molecule has 158 valence electrons. The highest BCUT2D eigenvalue weighted by Crippen LogP contribution is 2.11. The number of halogens is 2. The maximum absolute atomic E-state index is 5.95. The molecule has 2 heterocycles. The number of nitrogens with zero attached hydrogens (tertiary/aromatic N) is 2. The summed E-state index contributed by atoms with van der Waals surface area (Å²) in [4.78, 5) is 0. The average molecular weight is 516 g/mol. The Bertz CT molecular complexity index is 582. The van der Waals surface area contributed by atoms with Gasteiger partial charge in [-0.1, -0.05) is 50.7 Å². The molecule has 0 fully saturated rings.